The van der Waals surface area contributed by atoms with Crippen LogP contribution in [0.1, 0.15) is 64.5 Å². The van der Waals surface area contributed by atoms with Gasteiger partial charge in [0.1, 0.15) is 43.6 Å². The van der Waals surface area contributed by atoms with Crippen molar-refractivity contribution in [3.8, 4) is 0 Å². The summed E-state index contributed by atoms with van der Waals surface area (Å²) in [4.78, 5) is 71.8. The van der Waals surface area contributed by atoms with Crippen LogP contribution < -0.4 is 21.7 Å². The summed E-state index contributed by atoms with van der Waals surface area (Å²) in [5.74, 6) is -5.60. The molecule has 19 heteroatoms. The number of Topliss-reactive ketones (excluding diaryl/α,β-unsaturated/α-hetero) is 2. The lowest BCUT2D eigenvalue weighted by atomic mass is 9.96. The van der Waals surface area contributed by atoms with Gasteiger partial charge in [-0.25, -0.2) is 0 Å². The molecule has 6 unspecified atom stereocenters. The third-order valence-electron chi connectivity index (χ3n) is 9.16. The average Bonchev–Trinajstić information content (AvgIpc) is 3.20. The Kier molecular flexibility index (Phi) is 21.4. The third kappa shape index (κ3) is 17.6. The van der Waals surface area contributed by atoms with Crippen molar-refractivity contribution in [2.45, 2.75) is 127 Å². The molecule has 10 atom stereocenters. The minimum atomic E-state index is -2.34. The van der Waals surface area contributed by atoms with Crippen LogP contribution in [0.15, 0.2) is 60.7 Å². The normalized spacial score (nSPS) is 21.8. The first-order valence-electron chi connectivity index (χ1n) is 19.0. The molecule has 1 aliphatic heterocycles. The van der Waals surface area contributed by atoms with E-state index in [1.54, 1.807) is 24.3 Å². The van der Waals surface area contributed by atoms with Crippen LogP contribution in [0, 0.1) is 0 Å². The van der Waals surface area contributed by atoms with Crippen LogP contribution in [0.2, 0.25) is 0 Å². The van der Waals surface area contributed by atoms with Crippen molar-refractivity contribution in [2.24, 2.45) is 5.73 Å². The number of hydrogen-bond acceptors (Lipinski definition) is 17. The number of carbonyl (C=O) groups excluding carboxylic acids is 6. The standard InChI is InChI=1S/C23H34N2O10.C17H24N2O5/c1-13(26)19(14(2)27)25-22(32)16(8-9-18(29)34-10-15-6-4-3-5-7-15)24-12-23(33)21(31)20(30)17(28)11-35-23;1-11(20)16(12(2)21)19-17(23)14(18)8-9-15(22)24-10-13-6-4-3-5-7-13/h3-7,13,16-17,19-21,24,26,28,30-31,33H,8-12H2,1-2H3,(H,25,32);3-7,11,14,16,20H,8-10,18H2,1-2H3,(H,19,23)/t13?,16-,17?,19-,20?,21?,23?;11?,14-,16-/m00/s1. The van der Waals surface area contributed by atoms with E-state index in [2.05, 4.69) is 16.0 Å². The van der Waals surface area contributed by atoms with Crippen LogP contribution in [-0.4, -0.2) is 140 Å². The largest absolute Gasteiger partial charge is 0.461 e. The molecular formula is C40H58N4O15. The number of amides is 2. The number of benzene rings is 2. The first kappa shape index (κ1) is 50.4. The second kappa shape index (κ2) is 25.0. The van der Waals surface area contributed by atoms with Crippen LogP contribution in [0.5, 0.6) is 0 Å². The first-order chi connectivity index (χ1) is 27.7. The second-order valence-corrected chi connectivity index (χ2v) is 14.2. The summed E-state index contributed by atoms with van der Waals surface area (Å²) < 4.78 is 15.4. The summed E-state index contributed by atoms with van der Waals surface area (Å²) in [6.07, 6.45) is -7.45. The number of esters is 2. The highest BCUT2D eigenvalue weighted by Gasteiger charge is 2.48. The Morgan fingerprint density at radius 2 is 1.20 bits per heavy atom. The zero-order valence-corrected chi connectivity index (χ0v) is 33.6. The predicted molar refractivity (Wildman–Crippen MR) is 208 cm³/mol. The molecule has 2 aromatic rings. The zero-order valence-electron chi connectivity index (χ0n) is 33.6. The molecule has 0 aromatic heterocycles. The van der Waals surface area contributed by atoms with Gasteiger partial charge in [-0.1, -0.05) is 60.7 Å². The summed E-state index contributed by atoms with van der Waals surface area (Å²) in [5, 5.41) is 66.9. The van der Waals surface area contributed by atoms with Gasteiger partial charge in [-0.05, 0) is 51.7 Å². The van der Waals surface area contributed by atoms with E-state index in [4.69, 9.17) is 19.9 Å². The maximum atomic E-state index is 12.9. The van der Waals surface area contributed by atoms with Gasteiger partial charge in [0.2, 0.25) is 17.6 Å². The van der Waals surface area contributed by atoms with Gasteiger partial charge >= 0.3 is 11.9 Å². The summed E-state index contributed by atoms with van der Waals surface area (Å²) >= 11 is 0. The van der Waals surface area contributed by atoms with E-state index in [0.29, 0.717) is 0 Å². The monoisotopic (exact) mass is 834 g/mol. The average molecular weight is 835 g/mol. The Bertz CT molecular complexity index is 1650. The third-order valence-corrected chi connectivity index (χ3v) is 9.16. The van der Waals surface area contributed by atoms with Crippen molar-refractivity contribution in [1.29, 1.82) is 0 Å². The quantitative estimate of drug-likeness (QED) is 0.0609. The van der Waals surface area contributed by atoms with Crippen LogP contribution in [0.25, 0.3) is 0 Å². The Morgan fingerprint density at radius 1 is 0.763 bits per heavy atom. The van der Waals surface area contributed by atoms with E-state index in [1.807, 2.05) is 36.4 Å². The van der Waals surface area contributed by atoms with Crippen molar-refractivity contribution in [3.63, 3.8) is 0 Å². The summed E-state index contributed by atoms with van der Waals surface area (Å²) in [6.45, 7) is 4.37. The fraction of sp³-hybridized carbons (Fsp3) is 0.550. The smallest absolute Gasteiger partial charge is 0.306 e. The highest BCUT2D eigenvalue weighted by Crippen LogP contribution is 2.24. The minimum Gasteiger partial charge on any atom is -0.461 e. The molecule has 328 valence electrons. The van der Waals surface area contributed by atoms with E-state index < -0.39 is 103 Å². The van der Waals surface area contributed by atoms with Crippen LogP contribution in [0.3, 0.4) is 0 Å². The highest BCUT2D eigenvalue weighted by molar-refractivity contribution is 5.91. The Morgan fingerprint density at radius 3 is 1.64 bits per heavy atom. The minimum absolute atomic E-state index is 0.0131. The lowest BCUT2D eigenvalue weighted by Gasteiger charge is -2.42. The molecule has 0 spiro atoms. The number of aliphatic hydroxyl groups excluding tert-OH is 5. The highest BCUT2D eigenvalue weighted by atomic mass is 16.6. The predicted octanol–water partition coefficient (Wildman–Crippen LogP) is -1.98. The van der Waals surface area contributed by atoms with Crippen molar-refractivity contribution < 1.29 is 73.6 Å². The maximum absolute atomic E-state index is 12.9. The van der Waals surface area contributed by atoms with Crippen LogP contribution >= 0.6 is 0 Å². The molecule has 19 nitrogen and oxygen atoms in total. The molecule has 1 aliphatic rings. The summed E-state index contributed by atoms with van der Waals surface area (Å²) in [6, 6.07) is 13.9. The zero-order chi connectivity index (χ0) is 44.3. The van der Waals surface area contributed by atoms with Gasteiger partial charge in [0.25, 0.3) is 0 Å². The molecule has 0 bridgehead atoms. The number of carbonyl (C=O) groups is 6. The number of rotatable bonds is 21. The molecule has 1 fully saturated rings. The lowest BCUT2D eigenvalue weighted by molar-refractivity contribution is -0.318. The van der Waals surface area contributed by atoms with Crippen molar-refractivity contribution in [2.75, 3.05) is 13.2 Å². The molecule has 11 N–H and O–H groups in total. The van der Waals surface area contributed by atoms with E-state index in [-0.39, 0.29) is 44.7 Å². The number of ether oxygens (including phenoxy) is 3. The SMILES string of the molecule is CC(=O)[C@@H](NC(=O)[C@@H](N)CCC(=O)OCc1ccccc1)C(C)O.CC(=O)[C@@H](NC(=O)[C@H](CCC(=O)OCc1ccccc1)NCC1(O)OCC(O)C(O)C1O)C(C)O. The van der Waals surface area contributed by atoms with E-state index in [9.17, 15) is 59.4 Å². The molecule has 0 saturated carbocycles. The molecule has 3 rings (SSSR count). The van der Waals surface area contributed by atoms with Gasteiger partial charge in [0.15, 0.2) is 11.6 Å². The Labute approximate surface area is 342 Å². The molecule has 1 saturated heterocycles. The van der Waals surface area contributed by atoms with Gasteiger partial charge in [0, 0.05) is 12.8 Å². The van der Waals surface area contributed by atoms with Crippen molar-refractivity contribution in [1.82, 2.24) is 16.0 Å². The van der Waals surface area contributed by atoms with Gasteiger partial charge in [-0.3, -0.25) is 28.8 Å². The van der Waals surface area contributed by atoms with Crippen LogP contribution in [-0.2, 0) is 56.2 Å². The van der Waals surface area contributed by atoms with Crippen molar-refractivity contribution in [3.05, 3.63) is 71.8 Å². The second-order valence-electron chi connectivity index (χ2n) is 14.2. The summed E-state index contributed by atoms with van der Waals surface area (Å²) in [7, 11) is 0. The fourth-order valence-electron chi connectivity index (χ4n) is 5.57. The molecular weight excluding hydrogens is 776 g/mol. The Hall–Kier alpha value is -4.70. The first-order valence-corrected chi connectivity index (χ1v) is 19.0. The van der Waals surface area contributed by atoms with Gasteiger partial charge in [-0.15, -0.1) is 0 Å². The number of nitrogens with one attached hydrogen (secondary N) is 3. The van der Waals surface area contributed by atoms with E-state index in [0.717, 1.165) is 11.1 Å². The van der Waals surface area contributed by atoms with E-state index >= 15 is 0 Å². The molecule has 1 heterocycles. The Balaban J connectivity index is 0.000000437. The number of aliphatic hydroxyl groups is 6. The van der Waals surface area contributed by atoms with E-state index in [1.165, 1.54) is 27.7 Å². The lowest BCUT2D eigenvalue weighted by Crippen LogP contribution is -2.65. The number of hydrogen-bond donors (Lipinski definition) is 10. The molecule has 2 amide bonds. The van der Waals surface area contributed by atoms with Gasteiger partial charge in [0.05, 0.1) is 37.4 Å². The fourth-order valence-corrected chi connectivity index (χ4v) is 5.57. The number of nitrogens with two attached hydrogens (primary N) is 1. The molecule has 0 aliphatic carbocycles. The molecule has 0 radical (unpaired) electrons. The summed E-state index contributed by atoms with van der Waals surface area (Å²) in [5.41, 5.74) is 7.36. The molecule has 59 heavy (non-hydrogen) atoms. The van der Waals surface area contributed by atoms with Crippen molar-refractivity contribution >= 4 is 35.3 Å². The topological polar surface area (TPSA) is 314 Å². The molecule has 2 aromatic carbocycles. The van der Waals surface area contributed by atoms with Gasteiger partial charge < -0.3 is 66.5 Å². The maximum Gasteiger partial charge on any atom is 0.306 e. The van der Waals surface area contributed by atoms with Crippen LogP contribution in [0.4, 0.5) is 0 Å². The number of ketones is 2. The van der Waals surface area contributed by atoms with Gasteiger partial charge in [-0.2, -0.15) is 0 Å².